The summed E-state index contributed by atoms with van der Waals surface area (Å²) in [5.74, 6) is 0.774. The smallest absolute Gasteiger partial charge is 0.244 e. The average molecular weight is 470 g/mol. The van der Waals surface area contributed by atoms with Crippen molar-refractivity contribution in [1.29, 1.82) is 5.26 Å². The number of rotatable bonds is 7. The van der Waals surface area contributed by atoms with Gasteiger partial charge in [-0.15, -0.1) is 0 Å². The first-order valence-electron chi connectivity index (χ1n) is 12.8. The number of benzene rings is 2. The Kier molecular flexibility index (Phi) is 8.50. The average Bonchev–Trinajstić information content (AvgIpc) is 3.09. The number of carbonyl (C=O) groups is 2. The minimum absolute atomic E-state index is 0.0849. The van der Waals surface area contributed by atoms with Gasteiger partial charge in [0.1, 0.15) is 0 Å². The first-order valence-corrected chi connectivity index (χ1v) is 12.8. The van der Waals surface area contributed by atoms with E-state index in [-0.39, 0.29) is 17.7 Å². The predicted octanol–water partition coefficient (Wildman–Crippen LogP) is 4.94. The third-order valence-corrected chi connectivity index (χ3v) is 7.55. The summed E-state index contributed by atoms with van der Waals surface area (Å²) < 4.78 is 0. The van der Waals surface area contributed by atoms with Gasteiger partial charge in [0.2, 0.25) is 5.91 Å². The van der Waals surface area contributed by atoms with Gasteiger partial charge in [0.25, 0.3) is 0 Å². The molecular formula is C30H35N3O2. The molecule has 1 N–H and O–H groups in total. The SMILES string of the molecule is CC(=O)c1ccc2c(c1)CCN(CCC1CCC(NC(=O)C=Cc3ccccc3C#N)CC1)CC2. The second-order valence-electron chi connectivity index (χ2n) is 9.93. The lowest BCUT2D eigenvalue weighted by atomic mass is 9.84. The van der Waals surface area contributed by atoms with Crippen molar-refractivity contribution in [2.75, 3.05) is 19.6 Å². The first-order chi connectivity index (χ1) is 17.0. The van der Waals surface area contributed by atoms with Crippen molar-refractivity contribution in [2.45, 2.75) is 57.9 Å². The van der Waals surface area contributed by atoms with E-state index < -0.39 is 0 Å². The van der Waals surface area contributed by atoms with E-state index in [2.05, 4.69) is 28.4 Å². The maximum atomic E-state index is 12.4. The molecule has 2 aliphatic rings. The second kappa shape index (κ2) is 12.0. The van der Waals surface area contributed by atoms with Crippen molar-refractivity contribution in [1.82, 2.24) is 10.2 Å². The molecule has 182 valence electrons. The molecule has 0 unspecified atom stereocenters. The molecule has 0 atom stereocenters. The van der Waals surface area contributed by atoms with E-state index in [4.69, 9.17) is 0 Å². The van der Waals surface area contributed by atoms with Gasteiger partial charge in [0.05, 0.1) is 11.6 Å². The molecule has 2 aromatic carbocycles. The zero-order chi connectivity index (χ0) is 24.6. The normalized spacial score (nSPS) is 20.6. The van der Waals surface area contributed by atoms with Crippen LogP contribution in [-0.2, 0) is 17.6 Å². The molecule has 35 heavy (non-hydrogen) atoms. The highest BCUT2D eigenvalue weighted by molar-refractivity contribution is 5.94. The van der Waals surface area contributed by atoms with Crippen LogP contribution in [-0.4, -0.2) is 42.3 Å². The number of amides is 1. The Morgan fingerprint density at radius 2 is 1.80 bits per heavy atom. The minimum Gasteiger partial charge on any atom is -0.350 e. The number of nitrogens with zero attached hydrogens (tertiary/aromatic N) is 2. The van der Waals surface area contributed by atoms with Gasteiger partial charge in [0, 0.05) is 30.8 Å². The summed E-state index contributed by atoms with van der Waals surface area (Å²) in [4.78, 5) is 26.7. The van der Waals surface area contributed by atoms with Crippen LogP contribution in [0.15, 0.2) is 48.5 Å². The molecule has 0 saturated heterocycles. The lowest BCUT2D eigenvalue weighted by molar-refractivity contribution is -0.117. The van der Waals surface area contributed by atoms with Crippen molar-refractivity contribution >= 4 is 17.8 Å². The third-order valence-electron chi connectivity index (χ3n) is 7.55. The number of nitrogens with one attached hydrogen (secondary N) is 1. The fourth-order valence-corrected chi connectivity index (χ4v) is 5.33. The Morgan fingerprint density at radius 3 is 2.54 bits per heavy atom. The van der Waals surface area contributed by atoms with E-state index in [0.29, 0.717) is 5.56 Å². The van der Waals surface area contributed by atoms with Crippen molar-refractivity contribution in [3.63, 3.8) is 0 Å². The largest absolute Gasteiger partial charge is 0.350 e. The van der Waals surface area contributed by atoms with E-state index in [1.54, 1.807) is 25.1 Å². The molecule has 1 fully saturated rings. The van der Waals surface area contributed by atoms with Crippen molar-refractivity contribution in [3.8, 4) is 6.07 Å². The number of fused-ring (bicyclic) bond motifs is 1. The number of hydrogen-bond donors (Lipinski definition) is 1. The summed E-state index contributed by atoms with van der Waals surface area (Å²) in [5.41, 5.74) is 4.89. The summed E-state index contributed by atoms with van der Waals surface area (Å²) >= 11 is 0. The van der Waals surface area contributed by atoms with Crippen LogP contribution in [0.1, 0.15) is 71.6 Å². The van der Waals surface area contributed by atoms with Crippen LogP contribution < -0.4 is 5.32 Å². The minimum atomic E-state index is -0.0849. The summed E-state index contributed by atoms with van der Waals surface area (Å²) in [6, 6.07) is 15.9. The van der Waals surface area contributed by atoms with Gasteiger partial charge < -0.3 is 10.2 Å². The quantitative estimate of drug-likeness (QED) is 0.460. The molecule has 0 aromatic heterocycles. The molecule has 1 aliphatic heterocycles. The fraction of sp³-hybridized carbons (Fsp3) is 0.433. The molecule has 1 saturated carbocycles. The lowest BCUT2D eigenvalue weighted by Gasteiger charge is -2.30. The summed E-state index contributed by atoms with van der Waals surface area (Å²) in [6.45, 7) is 4.90. The number of Topliss-reactive ketones (excluding diaryl/α,β-unsaturated/α-hetero) is 1. The maximum absolute atomic E-state index is 12.4. The van der Waals surface area contributed by atoms with Crippen LogP contribution in [0.5, 0.6) is 0 Å². The number of ketones is 1. The number of hydrogen-bond acceptors (Lipinski definition) is 4. The summed E-state index contributed by atoms with van der Waals surface area (Å²) in [5, 5.41) is 12.3. The van der Waals surface area contributed by atoms with Crippen LogP contribution >= 0.6 is 0 Å². The zero-order valence-corrected chi connectivity index (χ0v) is 20.6. The van der Waals surface area contributed by atoms with Gasteiger partial charge in [-0.05, 0) is 99.2 Å². The molecule has 0 spiro atoms. The van der Waals surface area contributed by atoms with Crippen molar-refractivity contribution in [3.05, 3.63) is 76.4 Å². The molecule has 0 bridgehead atoms. The maximum Gasteiger partial charge on any atom is 0.244 e. The third kappa shape index (κ3) is 6.90. The molecule has 2 aromatic rings. The molecule has 0 radical (unpaired) electrons. The van der Waals surface area contributed by atoms with Crippen molar-refractivity contribution < 1.29 is 9.59 Å². The molecule has 4 rings (SSSR count). The van der Waals surface area contributed by atoms with E-state index in [9.17, 15) is 14.9 Å². The second-order valence-corrected chi connectivity index (χ2v) is 9.93. The van der Waals surface area contributed by atoms with Crippen LogP contribution in [0.25, 0.3) is 6.08 Å². The Balaban J connectivity index is 1.18. The van der Waals surface area contributed by atoms with Gasteiger partial charge in [-0.25, -0.2) is 0 Å². The van der Waals surface area contributed by atoms with Gasteiger partial charge >= 0.3 is 0 Å². The van der Waals surface area contributed by atoms with E-state index in [1.807, 2.05) is 24.3 Å². The highest BCUT2D eigenvalue weighted by Gasteiger charge is 2.23. The van der Waals surface area contributed by atoms with E-state index in [1.165, 1.54) is 17.5 Å². The lowest BCUT2D eigenvalue weighted by Crippen LogP contribution is -2.37. The van der Waals surface area contributed by atoms with E-state index in [0.717, 1.165) is 75.2 Å². The Hall–Kier alpha value is -3.23. The molecule has 1 aliphatic carbocycles. The molecular weight excluding hydrogens is 434 g/mol. The van der Waals surface area contributed by atoms with Crippen LogP contribution in [0.3, 0.4) is 0 Å². The standard InChI is InChI=1S/C30H35N3O2/c1-22(34)26-9-8-25-15-18-33(19-16-27(25)20-26)17-14-23-6-11-29(12-7-23)32-30(35)13-10-24-4-2-3-5-28(24)21-31/h2-5,8-10,13,20,23,29H,6-7,11-12,14-19H2,1H3,(H,32,35). The van der Waals surface area contributed by atoms with Crippen molar-refractivity contribution in [2.24, 2.45) is 5.92 Å². The van der Waals surface area contributed by atoms with Gasteiger partial charge in [-0.3, -0.25) is 9.59 Å². The van der Waals surface area contributed by atoms with E-state index >= 15 is 0 Å². The monoisotopic (exact) mass is 469 g/mol. The van der Waals surface area contributed by atoms with Crippen LogP contribution in [0, 0.1) is 17.2 Å². The highest BCUT2D eigenvalue weighted by atomic mass is 16.1. The summed E-state index contributed by atoms with van der Waals surface area (Å²) in [6.07, 6.45) is 10.9. The molecule has 1 amide bonds. The fourth-order valence-electron chi connectivity index (χ4n) is 5.33. The van der Waals surface area contributed by atoms with Gasteiger partial charge in [0.15, 0.2) is 5.78 Å². The summed E-state index contributed by atoms with van der Waals surface area (Å²) in [7, 11) is 0. The Labute approximate surface area is 208 Å². The zero-order valence-electron chi connectivity index (χ0n) is 20.6. The van der Waals surface area contributed by atoms with Gasteiger partial charge in [-0.2, -0.15) is 5.26 Å². The van der Waals surface area contributed by atoms with Crippen LogP contribution in [0.4, 0.5) is 0 Å². The Morgan fingerprint density at radius 1 is 1.06 bits per heavy atom. The molecule has 1 heterocycles. The molecule has 5 nitrogen and oxygen atoms in total. The Bertz CT molecular complexity index is 1120. The topological polar surface area (TPSA) is 73.2 Å². The number of nitriles is 1. The van der Waals surface area contributed by atoms with Crippen LogP contribution in [0.2, 0.25) is 0 Å². The predicted molar refractivity (Wildman–Crippen MR) is 139 cm³/mol. The van der Waals surface area contributed by atoms with Gasteiger partial charge in [-0.1, -0.05) is 30.3 Å². The number of carbonyl (C=O) groups excluding carboxylic acids is 2. The highest BCUT2D eigenvalue weighted by Crippen LogP contribution is 2.28. The first kappa shape index (κ1) is 24.9. The molecule has 5 heteroatoms.